The van der Waals surface area contributed by atoms with Crippen LogP contribution >= 0.6 is 0 Å². The van der Waals surface area contributed by atoms with Gasteiger partial charge in [0, 0.05) is 26.1 Å². The molecule has 0 aliphatic heterocycles. The molecule has 0 radical (unpaired) electrons. The van der Waals surface area contributed by atoms with Gasteiger partial charge in [-0.2, -0.15) is 5.10 Å². The molecule has 0 spiro atoms. The second-order valence-electron chi connectivity index (χ2n) is 6.56. The Hall–Kier alpha value is -2.96. The van der Waals surface area contributed by atoms with E-state index >= 15 is 0 Å². The first kappa shape index (κ1) is 18.8. The van der Waals surface area contributed by atoms with Crippen LogP contribution in [0.25, 0.3) is 16.7 Å². The zero-order valence-electron chi connectivity index (χ0n) is 16.3. The fraction of sp³-hybridized carbons (Fsp3) is 0.400. The molecule has 1 aromatic carbocycles. The molecule has 0 saturated heterocycles. The minimum Gasteiger partial charge on any atom is -0.343 e. The quantitative estimate of drug-likeness (QED) is 0.671. The summed E-state index contributed by atoms with van der Waals surface area (Å²) in [6.45, 7) is 9.37. The summed E-state index contributed by atoms with van der Waals surface area (Å²) in [5.74, 6) is 0.621. The number of hydrogen-bond donors (Lipinski definition) is 0. The van der Waals surface area contributed by atoms with Crippen molar-refractivity contribution in [3.05, 3.63) is 52.2 Å². The van der Waals surface area contributed by atoms with E-state index in [0.717, 1.165) is 11.3 Å². The SMILES string of the molecule is CCN(CC)C(=O)CCn1c(C)nc2c(cnn2-c2ccc(C)cc2)c1=O. The Kier molecular flexibility index (Phi) is 5.39. The van der Waals surface area contributed by atoms with Crippen molar-refractivity contribution in [3.63, 3.8) is 0 Å². The summed E-state index contributed by atoms with van der Waals surface area (Å²) in [5.41, 5.74) is 2.38. The van der Waals surface area contributed by atoms with Gasteiger partial charge in [0.25, 0.3) is 5.56 Å². The molecule has 0 saturated carbocycles. The topological polar surface area (TPSA) is 73.0 Å². The maximum absolute atomic E-state index is 12.9. The minimum atomic E-state index is -0.164. The molecule has 2 heterocycles. The van der Waals surface area contributed by atoms with Crippen molar-refractivity contribution in [1.82, 2.24) is 24.2 Å². The second kappa shape index (κ2) is 7.73. The van der Waals surface area contributed by atoms with Gasteiger partial charge < -0.3 is 4.90 Å². The highest BCUT2D eigenvalue weighted by Crippen LogP contribution is 2.15. The van der Waals surface area contributed by atoms with E-state index in [-0.39, 0.29) is 17.9 Å². The van der Waals surface area contributed by atoms with Crippen LogP contribution in [0.1, 0.15) is 31.7 Å². The van der Waals surface area contributed by atoms with Crippen molar-refractivity contribution in [2.45, 2.75) is 40.7 Å². The van der Waals surface area contributed by atoms with Crippen LogP contribution in [-0.2, 0) is 11.3 Å². The molecule has 0 aliphatic rings. The van der Waals surface area contributed by atoms with Crippen molar-refractivity contribution < 1.29 is 4.79 Å². The van der Waals surface area contributed by atoms with Crippen molar-refractivity contribution in [3.8, 4) is 5.69 Å². The van der Waals surface area contributed by atoms with E-state index in [1.165, 1.54) is 0 Å². The fourth-order valence-corrected chi connectivity index (χ4v) is 3.19. The summed E-state index contributed by atoms with van der Waals surface area (Å²) in [5, 5.41) is 4.81. The number of carbonyl (C=O) groups excluding carboxylic acids is 1. The van der Waals surface area contributed by atoms with Crippen LogP contribution in [-0.4, -0.2) is 43.2 Å². The zero-order chi connectivity index (χ0) is 19.6. The van der Waals surface area contributed by atoms with Gasteiger partial charge in [0.2, 0.25) is 5.91 Å². The van der Waals surface area contributed by atoms with Gasteiger partial charge in [-0.05, 0) is 39.8 Å². The van der Waals surface area contributed by atoms with Gasteiger partial charge in [-0.1, -0.05) is 17.7 Å². The van der Waals surface area contributed by atoms with Crippen molar-refractivity contribution in [2.75, 3.05) is 13.1 Å². The Labute approximate surface area is 158 Å². The fourth-order valence-electron chi connectivity index (χ4n) is 3.19. The van der Waals surface area contributed by atoms with E-state index in [1.807, 2.05) is 45.0 Å². The second-order valence-corrected chi connectivity index (χ2v) is 6.56. The Morgan fingerprint density at radius 2 is 1.78 bits per heavy atom. The van der Waals surface area contributed by atoms with Crippen molar-refractivity contribution in [2.24, 2.45) is 0 Å². The normalized spacial score (nSPS) is 11.1. The van der Waals surface area contributed by atoms with Gasteiger partial charge in [-0.3, -0.25) is 14.2 Å². The lowest BCUT2D eigenvalue weighted by molar-refractivity contribution is -0.131. The van der Waals surface area contributed by atoms with Crippen LogP contribution in [0, 0.1) is 13.8 Å². The molecule has 1 amide bonds. The smallest absolute Gasteiger partial charge is 0.264 e. The number of nitrogens with zero attached hydrogens (tertiary/aromatic N) is 5. The number of rotatable bonds is 6. The van der Waals surface area contributed by atoms with Crippen molar-refractivity contribution >= 4 is 16.9 Å². The standard InChI is InChI=1S/C20H25N5O2/c1-5-23(6-2)18(26)11-12-24-15(4)22-19-17(20(24)27)13-21-25(19)16-9-7-14(3)8-10-16/h7-10,13H,5-6,11-12H2,1-4H3. The molecule has 0 fully saturated rings. The molecule has 0 aliphatic carbocycles. The summed E-state index contributed by atoms with van der Waals surface area (Å²) in [7, 11) is 0. The van der Waals surface area contributed by atoms with E-state index < -0.39 is 0 Å². The van der Waals surface area contributed by atoms with Crippen LogP contribution in [0.15, 0.2) is 35.3 Å². The van der Waals surface area contributed by atoms with E-state index in [4.69, 9.17) is 0 Å². The van der Waals surface area contributed by atoms with E-state index in [2.05, 4.69) is 10.1 Å². The molecule has 0 bridgehead atoms. The lowest BCUT2D eigenvalue weighted by Crippen LogP contribution is -2.33. The summed E-state index contributed by atoms with van der Waals surface area (Å²) < 4.78 is 3.24. The third kappa shape index (κ3) is 3.63. The number of amides is 1. The number of carbonyl (C=O) groups is 1. The number of hydrogen-bond acceptors (Lipinski definition) is 4. The average molecular weight is 367 g/mol. The first-order valence-corrected chi connectivity index (χ1v) is 9.26. The van der Waals surface area contributed by atoms with E-state index in [1.54, 1.807) is 27.3 Å². The van der Waals surface area contributed by atoms with E-state index in [0.29, 0.717) is 36.5 Å². The van der Waals surface area contributed by atoms with Crippen LogP contribution in [0.3, 0.4) is 0 Å². The highest BCUT2D eigenvalue weighted by molar-refractivity contribution is 5.77. The van der Waals surface area contributed by atoms with Crippen LogP contribution in [0.5, 0.6) is 0 Å². The summed E-state index contributed by atoms with van der Waals surface area (Å²) in [6.07, 6.45) is 1.83. The maximum Gasteiger partial charge on any atom is 0.264 e. The lowest BCUT2D eigenvalue weighted by Gasteiger charge is -2.19. The molecule has 27 heavy (non-hydrogen) atoms. The van der Waals surface area contributed by atoms with Gasteiger partial charge >= 0.3 is 0 Å². The molecular weight excluding hydrogens is 342 g/mol. The van der Waals surface area contributed by atoms with Gasteiger partial charge in [0.15, 0.2) is 5.65 Å². The first-order valence-electron chi connectivity index (χ1n) is 9.26. The maximum atomic E-state index is 12.9. The van der Waals surface area contributed by atoms with Crippen LogP contribution < -0.4 is 5.56 Å². The highest BCUT2D eigenvalue weighted by atomic mass is 16.2. The van der Waals surface area contributed by atoms with Gasteiger partial charge in [0.05, 0.1) is 11.9 Å². The average Bonchev–Trinajstić information content (AvgIpc) is 3.07. The monoisotopic (exact) mass is 367 g/mol. The van der Waals surface area contributed by atoms with Gasteiger partial charge in [-0.15, -0.1) is 0 Å². The Balaban J connectivity index is 1.95. The molecule has 0 N–H and O–H groups in total. The predicted octanol–water partition coefficient (Wildman–Crippen LogP) is 2.46. The number of aromatic nitrogens is 4. The molecule has 2 aromatic heterocycles. The molecule has 3 rings (SSSR count). The van der Waals surface area contributed by atoms with Crippen LogP contribution in [0.4, 0.5) is 0 Å². The summed E-state index contributed by atoms with van der Waals surface area (Å²) in [4.78, 5) is 31.5. The molecular formula is C20H25N5O2. The van der Waals surface area contributed by atoms with Crippen molar-refractivity contribution in [1.29, 1.82) is 0 Å². The molecule has 0 unspecified atom stereocenters. The van der Waals surface area contributed by atoms with E-state index in [9.17, 15) is 9.59 Å². The zero-order valence-corrected chi connectivity index (χ0v) is 16.3. The molecule has 7 nitrogen and oxygen atoms in total. The molecule has 7 heteroatoms. The Bertz CT molecular complexity index is 1010. The predicted molar refractivity (Wildman–Crippen MR) is 105 cm³/mol. The molecule has 0 atom stereocenters. The molecule has 3 aromatic rings. The summed E-state index contributed by atoms with van der Waals surface area (Å²) >= 11 is 0. The minimum absolute atomic E-state index is 0.0433. The van der Waals surface area contributed by atoms with Gasteiger partial charge in [0.1, 0.15) is 11.2 Å². The van der Waals surface area contributed by atoms with Crippen LogP contribution in [0.2, 0.25) is 0 Å². The number of fused-ring (bicyclic) bond motifs is 1. The molecule has 142 valence electrons. The first-order chi connectivity index (χ1) is 13.0. The Morgan fingerprint density at radius 3 is 2.41 bits per heavy atom. The number of benzene rings is 1. The number of aryl methyl sites for hydroxylation is 2. The summed E-state index contributed by atoms with van der Waals surface area (Å²) in [6, 6.07) is 7.89. The van der Waals surface area contributed by atoms with Gasteiger partial charge in [-0.25, -0.2) is 9.67 Å². The highest BCUT2D eigenvalue weighted by Gasteiger charge is 2.16. The lowest BCUT2D eigenvalue weighted by atomic mass is 10.2. The Morgan fingerprint density at radius 1 is 1.11 bits per heavy atom. The third-order valence-corrected chi connectivity index (χ3v) is 4.82. The third-order valence-electron chi connectivity index (χ3n) is 4.82. The largest absolute Gasteiger partial charge is 0.343 e.